The Bertz CT molecular complexity index is 207. The van der Waals surface area contributed by atoms with E-state index < -0.39 is 0 Å². The van der Waals surface area contributed by atoms with Gasteiger partial charge in [0.2, 0.25) is 5.91 Å². The highest BCUT2D eigenvalue weighted by atomic mass is 16.5. The van der Waals surface area contributed by atoms with Crippen LogP contribution in [0.1, 0.15) is 32.6 Å². The number of ether oxygens (including phenoxy) is 1. The first-order valence-corrected chi connectivity index (χ1v) is 5.19. The van der Waals surface area contributed by atoms with Crippen LogP contribution in [0.5, 0.6) is 0 Å². The zero-order valence-corrected chi connectivity index (χ0v) is 9.41. The van der Waals surface area contributed by atoms with E-state index in [-0.39, 0.29) is 17.9 Å². The Morgan fingerprint density at radius 2 is 2.13 bits per heavy atom. The average Bonchev–Trinajstić information content (AvgIpc) is 2.23. The molecule has 0 aromatic heterocycles. The minimum absolute atomic E-state index is 0.0609. The van der Waals surface area contributed by atoms with E-state index in [4.69, 9.17) is 5.73 Å². The lowest BCUT2D eigenvalue weighted by Gasteiger charge is -2.08. The standard InChI is InChI=1S/C10H20N2O3/c1-3-8(11)7-9(13)12-6-4-5-10(14)15-2/h8H,3-7,11H2,1-2H3,(H,12,13). The lowest BCUT2D eigenvalue weighted by Crippen LogP contribution is -2.31. The van der Waals surface area contributed by atoms with Gasteiger partial charge in [-0.25, -0.2) is 0 Å². The van der Waals surface area contributed by atoms with Crippen molar-refractivity contribution in [1.82, 2.24) is 5.32 Å². The fourth-order valence-corrected chi connectivity index (χ4v) is 1.02. The Kier molecular flexibility index (Phi) is 7.62. The molecule has 0 aromatic rings. The number of esters is 1. The highest BCUT2D eigenvalue weighted by molar-refractivity contribution is 5.76. The van der Waals surface area contributed by atoms with Crippen molar-refractivity contribution in [3.05, 3.63) is 0 Å². The third kappa shape index (κ3) is 7.93. The fourth-order valence-electron chi connectivity index (χ4n) is 1.02. The zero-order valence-electron chi connectivity index (χ0n) is 9.41. The van der Waals surface area contributed by atoms with Gasteiger partial charge in [-0.15, -0.1) is 0 Å². The van der Waals surface area contributed by atoms with E-state index in [2.05, 4.69) is 10.1 Å². The molecule has 3 N–H and O–H groups in total. The van der Waals surface area contributed by atoms with Gasteiger partial charge in [0.05, 0.1) is 7.11 Å². The molecule has 0 aliphatic heterocycles. The molecule has 0 spiro atoms. The molecule has 0 aliphatic carbocycles. The highest BCUT2D eigenvalue weighted by Crippen LogP contribution is 1.94. The molecule has 1 unspecified atom stereocenters. The van der Waals surface area contributed by atoms with Crippen LogP contribution in [0.4, 0.5) is 0 Å². The Hall–Kier alpha value is -1.10. The molecule has 5 heteroatoms. The number of nitrogens with two attached hydrogens (primary N) is 1. The number of hydrogen-bond acceptors (Lipinski definition) is 4. The molecule has 15 heavy (non-hydrogen) atoms. The lowest BCUT2D eigenvalue weighted by atomic mass is 10.1. The van der Waals surface area contributed by atoms with Crippen LogP contribution in [0.25, 0.3) is 0 Å². The molecule has 0 bridgehead atoms. The summed E-state index contributed by atoms with van der Waals surface area (Å²) in [5, 5.41) is 2.70. The maximum Gasteiger partial charge on any atom is 0.305 e. The second-order valence-electron chi connectivity index (χ2n) is 3.40. The molecule has 0 saturated carbocycles. The number of hydrogen-bond donors (Lipinski definition) is 2. The fraction of sp³-hybridized carbons (Fsp3) is 0.800. The van der Waals surface area contributed by atoms with Gasteiger partial charge in [-0.05, 0) is 12.8 Å². The van der Waals surface area contributed by atoms with Crippen molar-refractivity contribution < 1.29 is 14.3 Å². The number of carbonyl (C=O) groups excluding carboxylic acids is 2. The summed E-state index contributed by atoms with van der Waals surface area (Å²) in [6, 6.07) is -0.0781. The molecular weight excluding hydrogens is 196 g/mol. The van der Waals surface area contributed by atoms with Crippen LogP contribution in [-0.2, 0) is 14.3 Å². The Morgan fingerprint density at radius 1 is 1.47 bits per heavy atom. The second kappa shape index (κ2) is 8.23. The molecule has 1 atom stereocenters. The first kappa shape index (κ1) is 13.9. The van der Waals surface area contributed by atoms with Gasteiger partial charge in [-0.2, -0.15) is 0 Å². The van der Waals surface area contributed by atoms with Crippen LogP contribution >= 0.6 is 0 Å². The lowest BCUT2D eigenvalue weighted by molar-refractivity contribution is -0.140. The summed E-state index contributed by atoms with van der Waals surface area (Å²) in [5.41, 5.74) is 5.61. The first-order chi connectivity index (χ1) is 7.10. The van der Waals surface area contributed by atoms with Gasteiger partial charge >= 0.3 is 5.97 Å². The van der Waals surface area contributed by atoms with Crippen LogP contribution < -0.4 is 11.1 Å². The van der Waals surface area contributed by atoms with Gasteiger partial charge < -0.3 is 15.8 Å². The van der Waals surface area contributed by atoms with Gasteiger partial charge in [0, 0.05) is 25.4 Å². The Labute approximate surface area is 90.4 Å². The summed E-state index contributed by atoms with van der Waals surface area (Å²) in [4.78, 5) is 21.9. The van der Waals surface area contributed by atoms with Crippen molar-refractivity contribution in [2.24, 2.45) is 5.73 Å². The molecule has 88 valence electrons. The molecule has 0 aliphatic rings. The Morgan fingerprint density at radius 3 is 2.67 bits per heavy atom. The van der Waals surface area contributed by atoms with Gasteiger partial charge in [0.15, 0.2) is 0 Å². The van der Waals surface area contributed by atoms with E-state index in [0.717, 1.165) is 6.42 Å². The number of methoxy groups -OCH3 is 1. The maximum atomic E-state index is 11.2. The molecular formula is C10H20N2O3. The number of amides is 1. The minimum Gasteiger partial charge on any atom is -0.469 e. The van der Waals surface area contributed by atoms with Crippen LogP contribution in [0, 0.1) is 0 Å². The molecule has 0 heterocycles. The minimum atomic E-state index is -0.255. The normalized spacial score (nSPS) is 11.9. The van der Waals surface area contributed by atoms with E-state index in [1.165, 1.54) is 7.11 Å². The smallest absolute Gasteiger partial charge is 0.305 e. The van der Waals surface area contributed by atoms with E-state index in [9.17, 15) is 9.59 Å². The summed E-state index contributed by atoms with van der Waals surface area (Å²) in [5.74, 6) is -0.316. The van der Waals surface area contributed by atoms with Crippen molar-refractivity contribution in [3.8, 4) is 0 Å². The van der Waals surface area contributed by atoms with Crippen molar-refractivity contribution in [2.45, 2.75) is 38.6 Å². The van der Waals surface area contributed by atoms with Gasteiger partial charge in [0.25, 0.3) is 0 Å². The number of nitrogens with one attached hydrogen (secondary N) is 1. The topological polar surface area (TPSA) is 81.4 Å². The van der Waals surface area contributed by atoms with E-state index in [0.29, 0.717) is 25.8 Å². The molecule has 0 saturated heterocycles. The monoisotopic (exact) mass is 216 g/mol. The molecule has 0 rings (SSSR count). The quantitative estimate of drug-likeness (QED) is 0.470. The second-order valence-corrected chi connectivity index (χ2v) is 3.40. The Balaban J connectivity index is 3.43. The van der Waals surface area contributed by atoms with Crippen molar-refractivity contribution >= 4 is 11.9 Å². The van der Waals surface area contributed by atoms with Crippen LogP contribution in [-0.4, -0.2) is 31.6 Å². The SMILES string of the molecule is CCC(N)CC(=O)NCCCC(=O)OC. The molecule has 0 radical (unpaired) electrons. The number of rotatable bonds is 7. The maximum absolute atomic E-state index is 11.2. The van der Waals surface area contributed by atoms with E-state index >= 15 is 0 Å². The van der Waals surface area contributed by atoms with E-state index in [1.54, 1.807) is 0 Å². The van der Waals surface area contributed by atoms with E-state index in [1.807, 2.05) is 6.92 Å². The summed E-state index contributed by atoms with van der Waals surface area (Å²) >= 11 is 0. The van der Waals surface area contributed by atoms with Crippen LogP contribution in [0.2, 0.25) is 0 Å². The molecule has 0 aromatic carbocycles. The number of carbonyl (C=O) groups is 2. The molecule has 0 fully saturated rings. The average molecular weight is 216 g/mol. The summed E-state index contributed by atoms with van der Waals surface area (Å²) in [7, 11) is 1.35. The van der Waals surface area contributed by atoms with Crippen molar-refractivity contribution in [1.29, 1.82) is 0 Å². The largest absolute Gasteiger partial charge is 0.469 e. The predicted octanol–water partition coefficient (Wildman–Crippen LogP) is 0.183. The zero-order chi connectivity index (χ0) is 11.7. The summed E-state index contributed by atoms with van der Waals surface area (Å²) < 4.78 is 4.47. The van der Waals surface area contributed by atoms with Gasteiger partial charge in [-0.3, -0.25) is 9.59 Å². The summed E-state index contributed by atoms with van der Waals surface area (Å²) in [6.07, 6.45) is 2.06. The van der Waals surface area contributed by atoms with Crippen LogP contribution in [0.3, 0.4) is 0 Å². The van der Waals surface area contributed by atoms with Crippen molar-refractivity contribution in [2.75, 3.05) is 13.7 Å². The van der Waals surface area contributed by atoms with Gasteiger partial charge in [-0.1, -0.05) is 6.92 Å². The van der Waals surface area contributed by atoms with Crippen molar-refractivity contribution in [3.63, 3.8) is 0 Å². The third-order valence-electron chi connectivity index (χ3n) is 2.08. The molecule has 5 nitrogen and oxygen atoms in total. The first-order valence-electron chi connectivity index (χ1n) is 5.19. The predicted molar refractivity (Wildman–Crippen MR) is 57.1 cm³/mol. The molecule has 1 amide bonds. The van der Waals surface area contributed by atoms with Gasteiger partial charge in [0.1, 0.15) is 0 Å². The highest BCUT2D eigenvalue weighted by Gasteiger charge is 2.07. The summed E-state index contributed by atoms with van der Waals surface area (Å²) in [6.45, 7) is 2.43. The third-order valence-corrected chi connectivity index (χ3v) is 2.08. The van der Waals surface area contributed by atoms with Crippen LogP contribution in [0.15, 0.2) is 0 Å².